The number of carbonyl (C=O) groups is 3. The first kappa shape index (κ1) is 19.1. The molecule has 4 aliphatic rings. The summed E-state index contributed by atoms with van der Waals surface area (Å²) in [7, 11) is 0. The lowest BCUT2D eigenvalue weighted by Crippen LogP contribution is -2.57. The quantitative estimate of drug-likeness (QED) is 0.675. The zero-order valence-electron chi connectivity index (χ0n) is 17.3. The number of Topliss-reactive ketones (excluding diaryl/α,β-unsaturated/α-hetero) is 2. The van der Waals surface area contributed by atoms with Gasteiger partial charge in [0.05, 0.1) is 0 Å². The molecule has 0 radical (unpaired) electrons. The van der Waals surface area contributed by atoms with E-state index in [-0.39, 0.29) is 29.2 Å². The fourth-order valence-corrected chi connectivity index (χ4v) is 7.92. The second-order valence-corrected chi connectivity index (χ2v) is 10.3. The Labute approximate surface area is 162 Å². The summed E-state index contributed by atoms with van der Waals surface area (Å²) in [5.74, 6) is 2.22. The van der Waals surface area contributed by atoms with Crippen LogP contribution in [0.5, 0.6) is 0 Å². The maximum absolute atomic E-state index is 13.4. The standard InChI is InChI=1S/C23H34O4/c1-13(24)18-7-8-19-17-6-5-15-11-16(27-14(2)25)9-10-22(15,3)20(17)12-21(26)23(18,19)4/h15-20H,5-12H2,1-4H3/t15-,16+,17+,18-,19+,20+,22+,23-/m1/s1. The molecule has 0 unspecified atom stereocenters. The zero-order chi connectivity index (χ0) is 19.6. The first-order chi connectivity index (χ1) is 12.7. The highest BCUT2D eigenvalue weighted by atomic mass is 16.5. The van der Waals surface area contributed by atoms with Gasteiger partial charge in [0, 0.05) is 24.7 Å². The van der Waals surface area contributed by atoms with Crippen LogP contribution in [-0.4, -0.2) is 23.6 Å². The van der Waals surface area contributed by atoms with E-state index in [1.54, 1.807) is 6.92 Å². The van der Waals surface area contributed by atoms with Crippen LogP contribution in [-0.2, 0) is 19.1 Å². The van der Waals surface area contributed by atoms with Crippen molar-refractivity contribution in [2.24, 2.45) is 40.4 Å². The number of hydrogen-bond donors (Lipinski definition) is 0. The molecule has 0 amide bonds. The average Bonchev–Trinajstić information content (AvgIpc) is 2.95. The SMILES string of the molecule is CC(=O)O[C@H]1CC[C@@]2(C)[C@H](CC[C@@H]3[C@@H]2CC(=O)[C@]2(C)[C@@H](C(C)=O)CC[C@@H]32)C1. The van der Waals surface area contributed by atoms with E-state index in [2.05, 4.69) is 13.8 Å². The van der Waals surface area contributed by atoms with Gasteiger partial charge in [0.1, 0.15) is 17.7 Å². The molecule has 4 rings (SSSR count). The molecule has 0 aliphatic heterocycles. The van der Waals surface area contributed by atoms with E-state index in [1.165, 1.54) is 13.3 Å². The summed E-state index contributed by atoms with van der Waals surface area (Å²) in [6, 6.07) is 0. The summed E-state index contributed by atoms with van der Waals surface area (Å²) < 4.78 is 5.52. The Bertz CT molecular complexity index is 669. The molecule has 0 spiro atoms. The minimum absolute atomic E-state index is 0.0512. The number of ether oxygens (including phenoxy) is 1. The van der Waals surface area contributed by atoms with Gasteiger partial charge in [0.2, 0.25) is 0 Å². The van der Waals surface area contributed by atoms with Gasteiger partial charge in [-0.2, -0.15) is 0 Å². The molecule has 0 N–H and O–H groups in total. The average molecular weight is 375 g/mol. The number of hydrogen-bond acceptors (Lipinski definition) is 4. The highest BCUT2D eigenvalue weighted by molar-refractivity contribution is 5.93. The molecule has 0 aromatic carbocycles. The van der Waals surface area contributed by atoms with E-state index in [0.29, 0.717) is 35.9 Å². The number of ketones is 2. The number of rotatable bonds is 2. The molecule has 8 atom stereocenters. The molecule has 150 valence electrons. The highest BCUT2D eigenvalue weighted by Crippen LogP contribution is 2.66. The lowest BCUT2D eigenvalue weighted by Gasteiger charge is -2.60. The fraction of sp³-hybridized carbons (Fsp3) is 0.870. The fourth-order valence-electron chi connectivity index (χ4n) is 7.92. The van der Waals surface area contributed by atoms with Crippen LogP contribution in [0.4, 0.5) is 0 Å². The van der Waals surface area contributed by atoms with Crippen LogP contribution in [0.2, 0.25) is 0 Å². The molecule has 4 nitrogen and oxygen atoms in total. The lowest BCUT2D eigenvalue weighted by molar-refractivity contribution is -0.167. The monoisotopic (exact) mass is 374 g/mol. The van der Waals surface area contributed by atoms with Crippen molar-refractivity contribution >= 4 is 17.5 Å². The van der Waals surface area contributed by atoms with Gasteiger partial charge in [-0.25, -0.2) is 0 Å². The van der Waals surface area contributed by atoms with Crippen LogP contribution in [0.1, 0.15) is 79.1 Å². The number of carbonyl (C=O) groups excluding carboxylic acids is 3. The summed E-state index contributed by atoms with van der Waals surface area (Å²) in [5.41, 5.74) is -0.254. The van der Waals surface area contributed by atoms with Crippen LogP contribution >= 0.6 is 0 Å². The van der Waals surface area contributed by atoms with Gasteiger partial charge in [-0.1, -0.05) is 13.8 Å². The second kappa shape index (κ2) is 6.42. The van der Waals surface area contributed by atoms with E-state index in [1.807, 2.05) is 0 Å². The Morgan fingerprint density at radius 2 is 1.74 bits per heavy atom. The third-order valence-corrected chi connectivity index (χ3v) is 9.30. The molecular weight excluding hydrogens is 340 g/mol. The Balaban J connectivity index is 1.59. The number of fused-ring (bicyclic) bond motifs is 5. The Morgan fingerprint density at radius 3 is 2.41 bits per heavy atom. The van der Waals surface area contributed by atoms with E-state index < -0.39 is 5.41 Å². The Hall–Kier alpha value is -1.19. The second-order valence-electron chi connectivity index (χ2n) is 10.3. The van der Waals surface area contributed by atoms with Gasteiger partial charge in [-0.05, 0) is 81.0 Å². The molecule has 0 aromatic heterocycles. The minimum Gasteiger partial charge on any atom is -0.463 e. The molecule has 0 saturated heterocycles. The normalized spacial score (nSPS) is 49.0. The van der Waals surface area contributed by atoms with Crippen molar-refractivity contribution in [3.05, 3.63) is 0 Å². The minimum atomic E-state index is -0.425. The Kier molecular flexibility index (Phi) is 4.55. The van der Waals surface area contributed by atoms with E-state index in [9.17, 15) is 14.4 Å². The van der Waals surface area contributed by atoms with Gasteiger partial charge in [0.15, 0.2) is 0 Å². The third-order valence-electron chi connectivity index (χ3n) is 9.30. The topological polar surface area (TPSA) is 60.4 Å². The summed E-state index contributed by atoms with van der Waals surface area (Å²) in [6.45, 7) is 7.66. The van der Waals surface area contributed by atoms with Crippen molar-refractivity contribution in [2.75, 3.05) is 0 Å². The van der Waals surface area contributed by atoms with Crippen molar-refractivity contribution in [1.29, 1.82) is 0 Å². The van der Waals surface area contributed by atoms with Crippen LogP contribution in [0.25, 0.3) is 0 Å². The lowest BCUT2D eigenvalue weighted by atomic mass is 9.44. The van der Waals surface area contributed by atoms with Crippen LogP contribution < -0.4 is 0 Å². The summed E-state index contributed by atoms with van der Waals surface area (Å²) >= 11 is 0. The van der Waals surface area contributed by atoms with Crippen LogP contribution in [0, 0.1) is 40.4 Å². The predicted octanol–water partition coefficient (Wildman–Crippen LogP) is 4.35. The molecule has 0 bridgehead atoms. The predicted molar refractivity (Wildman–Crippen MR) is 102 cm³/mol. The highest BCUT2D eigenvalue weighted by Gasteiger charge is 2.64. The smallest absolute Gasteiger partial charge is 0.302 e. The van der Waals surface area contributed by atoms with Crippen molar-refractivity contribution in [3.63, 3.8) is 0 Å². The maximum Gasteiger partial charge on any atom is 0.302 e. The van der Waals surface area contributed by atoms with E-state index in [0.717, 1.165) is 38.5 Å². The first-order valence-electron chi connectivity index (χ1n) is 10.9. The molecule has 4 aliphatic carbocycles. The maximum atomic E-state index is 13.4. The zero-order valence-corrected chi connectivity index (χ0v) is 17.3. The van der Waals surface area contributed by atoms with Gasteiger partial charge in [-0.3, -0.25) is 14.4 Å². The molecular formula is C23H34O4. The van der Waals surface area contributed by atoms with Crippen molar-refractivity contribution in [3.8, 4) is 0 Å². The molecule has 0 heterocycles. The summed E-state index contributed by atoms with van der Waals surface area (Å²) in [5, 5.41) is 0. The molecule has 4 saturated carbocycles. The Morgan fingerprint density at radius 1 is 1.00 bits per heavy atom. The largest absolute Gasteiger partial charge is 0.463 e. The van der Waals surface area contributed by atoms with Crippen molar-refractivity contribution in [2.45, 2.75) is 85.2 Å². The number of esters is 1. The molecule has 0 aromatic rings. The van der Waals surface area contributed by atoms with Crippen LogP contribution in [0.3, 0.4) is 0 Å². The van der Waals surface area contributed by atoms with Gasteiger partial charge in [-0.15, -0.1) is 0 Å². The van der Waals surface area contributed by atoms with E-state index >= 15 is 0 Å². The summed E-state index contributed by atoms with van der Waals surface area (Å²) in [6.07, 6.45) is 7.86. The third kappa shape index (κ3) is 2.73. The van der Waals surface area contributed by atoms with Crippen molar-refractivity contribution < 1.29 is 19.1 Å². The van der Waals surface area contributed by atoms with Crippen molar-refractivity contribution in [1.82, 2.24) is 0 Å². The molecule has 4 fully saturated rings. The van der Waals surface area contributed by atoms with Gasteiger partial charge >= 0.3 is 5.97 Å². The van der Waals surface area contributed by atoms with Gasteiger partial charge in [0.25, 0.3) is 0 Å². The summed E-state index contributed by atoms with van der Waals surface area (Å²) in [4.78, 5) is 37.0. The molecule has 4 heteroatoms. The van der Waals surface area contributed by atoms with Crippen LogP contribution in [0.15, 0.2) is 0 Å². The molecule has 27 heavy (non-hydrogen) atoms. The van der Waals surface area contributed by atoms with Gasteiger partial charge < -0.3 is 4.74 Å². The first-order valence-corrected chi connectivity index (χ1v) is 10.9. The van der Waals surface area contributed by atoms with E-state index in [4.69, 9.17) is 4.74 Å².